The van der Waals surface area contributed by atoms with E-state index in [0.29, 0.717) is 23.2 Å². The molecular weight excluding hydrogens is 340 g/mol. The second-order valence-electron chi connectivity index (χ2n) is 5.08. The number of morpholine rings is 1. The second kappa shape index (κ2) is 6.53. The lowest BCUT2D eigenvalue weighted by Crippen LogP contribution is -2.51. The maximum Gasteiger partial charge on any atom is 0.270 e. The monoisotopic (exact) mass is 356 g/mol. The van der Waals surface area contributed by atoms with Gasteiger partial charge >= 0.3 is 0 Å². The van der Waals surface area contributed by atoms with Crippen LogP contribution in [0, 0.1) is 10.1 Å². The number of hydrogen-bond donors (Lipinski definition) is 0. The van der Waals surface area contributed by atoms with Crippen LogP contribution in [0.5, 0.6) is 0 Å². The van der Waals surface area contributed by atoms with Gasteiger partial charge in [-0.05, 0) is 35.3 Å². The number of rotatable bonds is 3. The summed E-state index contributed by atoms with van der Waals surface area (Å²) in [5.41, 5.74) is 0.229. The molecule has 21 heavy (non-hydrogen) atoms. The molecule has 0 aliphatic carbocycles. The number of carbonyl (C=O) groups is 1. The average Bonchev–Trinajstić information content (AvgIpc) is 2.46. The van der Waals surface area contributed by atoms with Gasteiger partial charge in [0.2, 0.25) is 0 Å². The summed E-state index contributed by atoms with van der Waals surface area (Å²) >= 11 is 3.30. The number of nitro groups is 1. The summed E-state index contributed by atoms with van der Waals surface area (Å²) in [6, 6.07) is 4.23. The maximum absolute atomic E-state index is 12.7. The minimum absolute atomic E-state index is 0.000128. The van der Waals surface area contributed by atoms with Crippen LogP contribution in [-0.4, -0.2) is 41.0 Å². The van der Waals surface area contributed by atoms with Crippen LogP contribution in [0.1, 0.15) is 30.6 Å². The van der Waals surface area contributed by atoms with Crippen molar-refractivity contribution in [1.82, 2.24) is 4.90 Å². The number of nitrogens with zero attached hydrogens (tertiary/aromatic N) is 2. The topological polar surface area (TPSA) is 72.7 Å². The third kappa shape index (κ3) is 3.41. The number of carbonyl (C=O) groups excluding carboxylic acids is 1. The minimum atomic E-state index is -0.498. The number of ether oxygens (including phenoxy) is 1. The third-order valence-corrected chi connectivity index (χ3v) is 4.28. The second-order valence-corrected chi connectivity index (χ2v) is 5.94. The molecule has 0 saturated carbocycles. The van der Waals surface area contributed by atoms with Crippen LogP contribution in [-0.2, 0) is 4.74 Å². The maximum atomic E-state index is 12.7. The van der Waals surface area contributed by atoms with Gasteiger partial charge in [-0.1, -0.05) is 6.92 Å². The molecule has 1 aliphatic heterocycles. The molecule has 0 bridgehead atoms. The number of benzene rings is 1. The van der Waals surface area contributed by atoms with Crippen LogP contribution in [0.2, 0.25) is 0 Å². The largest absolute Gasteiger partial charge is 0.375 e. The van der Waals surface area contributed by atoms with Gasteiger partial charge in [0.05, 0.1) is 29.2 Å². The van der Waals surface area contributed by atoms with Gasteiger partial charge in [0.1, 0.15) is 0 Å². The molecule has 1 saturated heterocycles. The molecule has 6 nitrogen and oxygen atoms in total. The van der Waals surface area contributed by atoms with Crippen molar-refractivity contribution in [2.24, 2.45) is 0 Å². The van der Waals surface area contributed by atoms with Crippen LogP contribution >= 0.6 is 15.9 Å². The van der Waals surface area contributed by atoms with Gasteiger partial charge in [-0.2, -0.15) is 0 Å². The third-order valence-electron chi connectivity index (χ3n) is 3.59. The highest BCUT2D eigenvalue weighted by atomic mass is 79.9. The normalized spacial score (nSPS) is 22.1. The van der Waals surface area contributed by atoms with Crippen molar-refractivity contribution in [3.8, 4) is 0 Å². The summed E-state index contributed by atoms with van der Waals surface area (Å²) in [5, 5.41) is 10.9. The zero-order valence-corrected chi connectivity index (χ0v) is 13.5. The molecule has 1 amide bonds. The fourth-order valence-corrected chi connectivity index (χ4v) is 2.79. The number of non-ortho nitro benzene ring substituents is 1. The van der Waals surface area contributed by atoms with Gasteiger partial charge in [-0.25, -0.2) is 0 Å². The SMILES string of the molecule is CCC1COC(C)CN1C(=O)c1cc([N+](=O)[O-])ccc1Br. The fourth-order valence-electron chi connectivity index (χ4n) is 2.38. The van der Waals surface area contributed by atoms with Crippen molar-refractivity contribution in [3.05, 3.63) is 38.3 Å². The predicted molar refractivity (Wildman–Crippen MR) is 81.3 cm³/mol. The molecule has 1 heterocycles. The highest BCUT2D eigenvalue weighted by Crippen LogP contribution is 2.26. The van der Waals surface area contributed by atoms with Crippen LogP contribution in [0.3, 0.4) is 0 Å². The van der Waals surface area contributed by atoms with E-state index in [1.54, 1.807) is 4.90 Å². The minimum Gasteiger partial charge on any atom is -0.375 e. The summed E-state index contributed by atoms with van der Waals surface area (Å²) in [7, 11) is 0. The first-order chi connectivity index (χ1) is 9.93. The van der Waals surface area contributed by atoms with Gasteiger partial charge in [0.15, 0.2) is 0 Å². The molecule has 0 spiro atoms. The predicted octanol–water partition coefficient (Wildman–Crippen LogP) is 3.00. The van der Waals surface area contributed by atoms with Crippen LogP contribution in [0.15, 0.2) is 22.7 Å². The first-order valence-corrected chi connectivity index (χ1v) is 7.59. The van der Waals surface area contributed by atoms with Gasteiger partial charge in [-0.15, -0.1) is 0 Å². The van der Waals surface area contributed by atoms with Crippen LogP contribution in [0.25, 0.3) is 0 Å². The Hall–Kier alpha value is -1.47. The summed E-state index contributed by atoms with van der Waals surface area (Å²) < 4.78 is 6.14. The van der Waals surface area contributed by atoms with E-state index in [4.69, 9.17) is 4.74 Å². The smallest absolute Gasteiger partial charge is 0.270 e. The lowest BCUT2D eigenvalue weighted by molar-refractivity contribution is -0.384. The van der Waals surface area contributed by atoms with Gasteiger partial charge in [-0.3, -0.25) is 14.9 Å². The van der Waals surface area contributed by atoms with E-state index >= 15 is 0 Å². The van der Waals surface area contributed by atoms with E-state index in [1.807, 2.05) is 13.8 Å². The van der Waals surface area contributed by atoms with E-state index in [9.17, 15) is 14.9 Å². The van der Waals surface area contributed by atoms with E-state index in [2.05, 4.69) is 15.9 Å². The van der Waals surface area contributed by atoms with E-state index < -0.39 is 4.92 Å². The van der Waals surface area contributed by atoms with Crippen molar-refractivity contribution in [2.75, 3.05) is 13.2 Å². The molecule has 2 unspecified atom stereocenters. The first-order valence-electron chi connectivity index (χ1n) is 6.80. The lowest BCUT2D eigenvalue weighted by Gasteiger charge is -2.38. The molecule has 114 valence electrons. The van der Waals surface area contributed by atoms with E-state index in [-0.39, 0.29) is 23.7 Å². The number of nitro benzene ring substituents is 1. The highest BCUT2D eigenvalue weighted by molar-refractivity contribution is 9.10. The standard InChI is InChI=1S/C14H17BrN2O4/c1-3-10-8-21-9(2)7-16(10)14(18)12-6-11(17(19)20)4-5-13(12)15/h4-6,9-10H,3,7-8H2,1-2H3. The summed E-state index contributed by atoms with van der Waals surface area (Å²) in [5.74, 6) is -0.201. The number of halogens is 1. The van der Waals surface area contributed by atoms with Crippen molar-refractivity contribution in [3.63, 3.8) is 0 Å². The van der Waals surface area contributed by atoms with Gasteiger partial charge in [0, 0.05) is 23.2 Å². The summed E-state index contributed by atoms with van der Waals surface area (Å²) in [6.07, 6.45) is 0.750. The molecule has 1 aromatic carbocycles. The molecule has 7 heteroatoms. The van der Waals surface area contributed by atoms with Crippen molar-refractivity contribution >= 4 is 27.5 Å². The number of hydrogen-bond acceptors (Lipinski definition) is 4. The molecule has 1 aliphatic rings. The molecule has 1 fully saturated rings. The fraction of sp³-hybridized carbons (Fsp3) is 0.500. The Morgan fingerprint density at radius 1 is 1.57 bits per heavy atom. The van der Waals surface area contributed by atoms with Crippen molar-refractivity contribution < 1.29 is 14.5 Å². The summed E-state index contributed by atoms with van der Waals surface area (Å²) in [6.45, 7) is 4.89. The zero-order chi connectivity index (χ0) is 15.6. The van der Waals surface area contributed by atoms with Crippen molar-refractivity contribution in [2.45, 2.75) is 32.4 Å². The Bertz CT molecular complexity index is 564. The highest BCUT2D eigenvalue weighted by Gasteiger charge is 2.31. The molecule has 2 atom stereocenters. The Kier molecular flexibility index (Phi) is 4.95. The van der Waals surface area contributed by atoms with E-state index in [1.165, 1.54) is 18.2 Å². The Morgan fingerprint density at radius 2 is 2.29 bits per heavy atom. The molecular formula is C14H17BrN2O4. The molecule has 1 aromatic rings. The quantitative estimate of drug-likeness (QED) is 0.616. The zero-order valence-electron chi connectivity index (χ0n) is 11.9. The first kappa shape index (κ1) is 15.9. The Labute approximate surface area is 131 Å². The van der Waals surface area contributed by atoms with E-state index in [0.717, 1.165) is 6.42 Å². The molecule has 0 aromatic heterocycles. The van der Waals surface area contributed by atoms with Gasteiger partial charge in [0.25, 0.3) is 11.6 Å². The Morgan fingerprint density at radius 3 is 2.90 bits per heavy atom. The van der Waals surface area contributed by atoms with Gasteiger partial charge < -0.3 is 9.64 Å². The molecule has 2 rings (SSSR count). The Balaban J connectivity index is 2.33. The van der Waals surface area contributed by atoms with Crippen LogP contribution < -0.4 is 0 Å². The summed E-state index contributed by atoms with van der Waals surface area (Å²) in [4.78, 5) is 24.9. The average molecular weight is 357 g/mol. The number of amides is 1. The lowest BCUT2D eigenvalue weighted by atomic mass is 10.1. The molecule has 0 N–H and O–H groups in total. The van der Waals surface area contributed by atoms with Crippen molar-refractivity contribution in [1.29, 1.82) is 0 Å². The molecule has 0 radical (unpaired) electrons. The van der Waals surface area contributed by atoms with Crippen LogP contribution in [0.4, 0.5) is 5.69 Å².